The smallest absolute Gasteiger partial charge is 0.328 e. The molecule has 1 aromatic rings. The Hall–Kier alpha value is -1.66. The number of allylic oxidation sites excluding steroid dienone is 1. The normalized spacial score (nSPS) is 22.2. The van der Waals surface area contributed by atoms with Crippen LogP contribution in [0.4, 0.5) is 0 Å². The Kier molecular flexibility index (Phi) is 3.73. The molecule has 0 saturated carbocycles. The van der Waals surface area contributed by atoms with Gasteiger partial charge in [-0.15, -0.1) is 0 Å². The summed E-state index contributed by atoms with van der Waals surface area (Å²) in [6, 6.07) is 0. The van der Waals surface area contributed by atoms with Gasteiger partial charge in [-0.05, 0) is 20.8 Å². The minimum absolute atomic E-state index is 0.102. The lowest BCUT2D eigenvalue weighted by molar-refractivity contribution is -0.133. The first-order valence-electron chi connectivity index (χ1n) is 6.16. The minimum Gasteiger partial charge on any atom is -0.347 e. The minimum atomic E-state index is -0.555. The first-order valence-corrected chi connectivity index (χ1v) is 6.16. The Balaban J connectivity index is 2.02. The summed E-state index contributed by atoms with van der Waals surface area (Å²) in [5.74, 6) is -0.555. The van der Waals surface area contributed by atoms with E-state index < -0.39 is 11.5 Å². The van der Waals surface area contributed by atoms with Gasteiger partial charge in [-0.1, -0.05) is 12.2 Å². The Labute approximate surface area is 110 Å². The second-order valence-corrected chi connectivity index (χ2v) is 5.02. The molecule has 1 unspecified atom stereocenters. The highest BCUT2D eigenvalue weighted by molar-refractivity contribution is 5.02. The van der Waals surface area contributed by atoms with Gasteiger partial charge in [0.25, 0.3) is 5.56 Å². The Morgan fingerprint density at radius 2 is 2.26 bits per heavy atom. The molecular formula is C13H18N2O4. The fourth-order valence-electron chi connectivity index (χ4n) is 1.89. The zero-order chi connectivity index (χ0) is 14.0. The lowest BCUT2D eigenvalue weighted by Gasteiger charge is -2.15. The second kappa shape index (κ2) is 5.14. The summed E-state index contributed by atoms with van der Waals surface area (Å²) in [7, 11) is 0. The molecule has 0 aliphatic carbocycles. The molecule has 104 valence electrons. The standard InChI is InChI=1S/C13H18N2O4/c1-9-7-15(12(17)14-11(9)16)6-4-5-10-8-18-13(2,3)19-10/h4-5,7,10H,6,8H2,1-3H3,(H,14,16,17)/b5-4+. The maximum absolute atomic E-state index is 11.5. The quantitative estimate of drug-likeness (QED) is 0.811. The number of hydrogen-bond acceptors (Lipinski definition) is 4. The van der Waals surface area contributed by atoms with E-state index in [1.807, 2.05) is 26.0 Å². The van der Waals surface area contributed by atoms with Crippen LogP contribution in [0, 0.1) is 6.92 Å². The van der Waals surface area contributed by atoms with Crippen LogP contribution in [-0.2, 0) is 16.0 Å². The Morgan fingerprint density at radius 3 is 2.89 bits per heavy atom. The molecule has 1 aliphatic heterocycles. The fourth-order valence-corrected chi connectivity index (χ4v) is 1.89. The molecule has 0 radical (unpaired) electrons. The molecule has 1 saturated heterocycles. The number of ether oxygens (including phenoxy) is 2. The molecule has 1 aliphatic rings. The van der Waals surface area contributed by atoms with E-state index in [4.69, 9.17) is 9.47 Å². The molecule has 2 rings (SSSR count). The zero-order valence-corrected chi connectivity index (χ0v) is 11.3. The first-order chi connectivity index (χ1) is 8.87. The number of nitrogens with one attached hydrogen (secondary N) is 1. The first kappa shape index (κ1) is 13.8. The van der Waals surface area contributed by atoms with E-state index in [0.717, 1.165) is 0 Å². The number of rotatable bonds is 3. The lowest BCUT2D eigenvalue weighted by atomic mass is 10.3. The van der Waals surface area contributed by atoms with Gasteiger partial charge in [0, 0.05) is 18.3 Å². The van der Waals surface area contributed by atoms with E-state index in [1.165, 1.54) is 4.57 Å². The number of aromatic nitrogens is 2. The SMILES string of the molecule is Cc1cn(C/C=C/C2COC(C)(C)O2)c(=O)[nH]c1=O. The number of H-pyrrole nitrogens is 1. The molecule has 1 atom stereocenters. The highest BCUT2D eigenvalue weighted by atomic mass is 16.7. The van der Waals surface area contributed by atoms with Gasteiger partial charge in [-0.3, -0.25) is 14.3 Å². The second-order valence-electron chi connectivity index (χ2n) is 5.02. The van der Waals surface area contributed by atoms with Crippen molar-refractivity contribution in [3.05, 3.63) is 44.8 Å². The Bertz CT molecular complexity index is 597. The lowest BCUT2D eigenvalue weighted by Crippen LogP contribution is -2.30. The summed E-state index contributed by atoms with van der Waals surface area (Å²) < 4.78 is 12.5. The summed E-state index contributed by atoms with van der Waals surface area (Å²) in [4.78, 5) is 25.0. The summed E-state index contributed by atoms with van der Waals surface area (Å²) in [5.41, 5.74) is -0.252. The monoisotopic (exact) mass is 266 g/mol. The van der Waals surface area contributed by atoms with Crippen LogP contribution in [0.2, 0.25) is 0 Å². The van der Waals surface area contributed by atoms with Crippen molar-refractivity contribution in [2.45, 2.75) is 39.2 Å². The van der Waals surface area contributed by atoms with Gasteiger partial charge in [0.05, 0.1) is 6.61 Å². The molecule has 0 bridgehead atoms. The fraction of sp³-hybridized carbons (Fsp3) is 0.538. The molecule has 0 spiro atoms. The van der Waals surface area contributed by atoms with Crippen LogP contribution >= 0.6 is 0 Å². The van der Waals surface area contributed by atoms with Gasteiger partial charge in [0.2, 0.25) is 0 Å². The van der Waals surface area contributed by atoms with Crippen molar-refractivity contribution >= 4 is 0 Å². The summed E-state index contributed by atoms with van der Waals surface area (Å²) in [5, 5.41) is 0. The van der Waals surface area contributed by atoms with Crippen LogP contribution in [0.1, 0.15) is 19.4 Å². The van der Waals surface area contributed by atoms with Crippen molar-refractivity contribution in [3.63, 3.8) is 0 Å². The highest BCUT2D eigenvalue weighted by Gasteiger charge is 2.30. The van der Waals surface area contributed by atoms with Gasteiger partial charge in [0.1, 0.15) is 6.10 Å². The summed E-state index contributed by atoms with van der Waals surface area (Å²) in [6.45, 7) is 6.27. The van der Waals surface area contributed by atoms with Crippen molar-refractivity contribution < 1.29 is 9.47 Å². The van der Waals surface area contributed by atoms with Crippen LogP contribution in [0.3, 0.4) is 0 Å². The van der Waals surface area contributed by atoms with Gasteiger partial charge in [-0.25, -0.2) is 4.79 Å². The van der Waals surface area contributed by atoms with E-state index in [0.29, 0.717) is 18.7 Å². The molecule has 6 heteroatoms. The van der Waals surface area contributed by atoms with Gasteiger partial charge in [-0.2, -0.15) is 0 Å². The number of aromatic amines is 1. The van der Waals surface area contributed by atoms with Crippen LogP contribution in [0.25, 0.3) is 0 Å². The average Bonchev–Trinajstić information content (AvgIpc) is 2.65. The Morgan fingerprint density at radius 1 is 1.53 bits per heavy atom. The third-order valence-electron chi connectivity index (χ3n) is 2.87. The predicted molar refractivity (Wildman–Crippen MR) is 70.1 cm³/mol. The zero-order valence-electron chi connectivity index (χ0n) is 11.3. The molecule has 1 aromatic heterocycles. The molecule has 0 aromatic carbocycles. The molecular weight excluding hydrogens is 248 g/mol. The van der Waals surface area contributed by atoms with Crippen molar-refractivity contribution in [2.24, 2.45) is 0 Å². The number of nitrogens with zero attached hydrogens (tertiary/aromatic N) is 1. The molecule has 2 heterocycles. The third kappa shape index (κ3) is 3.42. The van der Waals surface area contributed by atoms with Gasteiger partial charge < -0.3 is 9.47 Å². The van der Waals surface area contributed by atoms with Crippen LogP contribution in [0.5, 0.6) is 0 Å². The number of aryl methyl sites for hydroxylation is 1. The van der Waals surface area contributed by atoms with Gasteiger partial charge >= 0.3 is 5.69 Å². The summed E-state index contributed by atoms with van der Waals surface area (Å²) >= 11 is 0. The van der Waals surface area contributed by atoms with Gasteiger partial charge in [0.15, 0.2) is 5.79 Å². The van der Waals surface area contributed by atoms with E-state index in [1.54, 1.807) is 13.1 Å². The van der Waals surface area contributed by atoms with Crippen molar-refractivity contribution in [1.29, 1.82) is 0 Å². The van der Waals surface area contributed by atoms with Crippen LogP contribution in [-0.4, -0.2) is 28.0 Å². The topological polar surface area (TPSA) is 73.3 Å². The van der Waals surface area contributed by atoms with Crippen molar-refractivity contribution in [2.75, 3.05) is 6.61 Å². The third-order valence-corrected chi connectivity index (χ3v) is 2.87. The average molecular weight is 266 g/mol. The maximum atomic E-state index is 11.5. The molecule has 1 N–H and O–H groups in total. The van der Waals surface area contributed by atoms with E-state index >= 15 is 0 Å². The molecule has 1 fully saturated rings. The number of hydrogen-bond donors (Lipinski definition) is 1. The van der Waals surface area contributed by atoms with Crippen LogP contribution < -0.4 is 11.2 Å². The van der Waals surface area contributed by atoms with E-state index in [-0.39, 0.29) is 11.7 Å². The van der Waals surface area contributed by atoms with E-state index in [9.17, 15) is 9.59 Å². The molecule has 0 amide bonds. The maximum Gasteiger partial charge on any atom is 0.328 e. The highest BCUT2D eigenvalue weighted by Crippen LogP contribution is 2.22. The largest absolute Gasteiger partial charge is 0.347 e. The molecule has 19 heavy (non-hydrogen) atoms. The summed E-state index contributed by atoms with van der Waals surface area (Å²) in [6.07, 6.45) is 5.13. The van der Waals surface area contributed by atoms with Crippen molar-refractivity contribution in [1.82, 2.24) is 9.55 Å². The van der Waals surface area contributed by atoms with E-state index in [2.05, 4.69) is 4.98 Å². The van der Waals surface area contributed by atoms with Crippen molar-refractivity contribution in [3.8, 4) is 0 Å². The van der Waals surface area contributed by atoms with Crippen LogP contribution in [0.15, 0.2) is 27.9 Å². The predicted octanol–water partition coefficient (Wildman–Crippen LogP) is 0.553. The molecule has 6 nitrogen and oxygen atoms in total.